The summed E-state index contributed by atoms with van der Waals surface area (Å²) < 4.78 is 0. The second-order valence-electron chi connectivity index (χ2n) is 7.26. The minimum Gasteiger partial charge on any atom is -0.326 e. The smallest absolute Gasteiger partial charge is 0.323 e. The lowest BCUT2D eigenvalue weighted by Crippen LogP contribution is -2.36. The fraction of sp³-hybridized carbons (Fsp3) is 0.556. The number of aromatic nitrogens is 2. The molecule has 2 aromatic rings. The molecule has 0 spiro atoms. The lowest BCUT2D eigenvalue weighted by molar-refractivity contribution is -0.123. The maximum absolute atomic E-state index is 12.8. The molecule has 1 fully saturated rings. The summed E-state index contributed by atoms with van der Waals surface area (Å²) in [4.78, 5) is 29.5. The quantitative estimate of drug-likeness (QED) is 0.810. The summed E-state index contributed by atoms with van der Waals surface area (Å²) in [6.07, 6.45) is 3.29. The van der Waals surface area contributed by atoms with Crippen molar-refractivity contribution in [3.8, 4) is 0 Å². The van der Waals surface area contributed by atoms with Crippen molar-refractivity contribution in [3.63, 3.8) is 0 Å². The van der Waals surface area contributed by atoms with Crippen LogP contribution in [0.25, 0.3) is 11.0 Å². The Bertz CT molecular complexity index is 759. The Hall–Kier alpha value is -2.04. The summed E-state index contributed by atoms with van der Waals surface area (Å²) >= 11 is 0. The maximum Gasteiger partial charge on any atom is 0.323 e. The highest BCUT2D eigenvalue weighted by atomic mass is 16.2. The zero-order valence-electron chi connectivity index (χ0n) is 14.0. The third kappa shape index (κ3) is 3.33. The summed E-state index contributed by atoms with van der Waals surface area (Å²) in [7, 11) is 0. The number of carbonyl (C=O) groups is 1. The number of benzene rings is 1. The van der Waals surface area contributed by atoms with Crippen LogP contribution in [-0.2, 0) is 4.79 Å². The molecule has 0 saturated heterocycles. The molecule has 5 nitrogen and oxygen atoms in total. The Balaban J connectivity index is 1.79. The highest BCUT2D eigenvalue weighted by Crippen LogP contribution is 2.38. The Kier molecular flexibility index (Phi) is 4.28. The number of amides is 1. The van der Waals surface area contributed by atoms with Gasteiger partial charge in [-0.25, -0.2) is 4.79 Å². The number of fused-ring (bicyclic) bond motifs is 1. The predicted molar refractivity (Wildman–Crippen MR) is 92.4 cm³/mol. The van der Waals surface area contributed by atoms with E-state index in [2.05, 4.69) is 36.1 Å². The summed E-state index contributed by atoms with van der Waals surface area (Å²) in [6, 6.07) is 5.45. The van der Waals surface area contributed by atoms with E-state index in [1.165, 1.54) is 6.42 Å². The summed E-state index contributed by atoms with van der Waals surface area (Å²) in [5.74, 6) is 1.74. The number of hydrogen-bond acceptors (Lipinski definition) is 2. The number of H-pyrrole nitrogens is 2. The Morgan fingerprint density at radius 2 is 1.96 bits per heavy atom. The molecule has 124 valence electrons. The fourth-order valence-electron chi connectivity index (χ4n) is 3.85. The molecule has 1 aliphatic rings. The first-order valence-electron chi connectivity index (χ1n) is 8.47. The van der Waals surface area contributed by atoms with Gasteiger partial charge in [0.05, 0.1) is 11.0 Å². The average molecular weight is 315 g/mol. The Labute approximate surface area is 135 Å². The first-order chi connectivity index (χ1) is 10.9. The van der Waals surface area contributed by atoms with Crippen molar-refractivity contribution in [1.29, 1.82) is 0 Å². The number of imidazole rings is 1. The molecule has 3 atom stereocenters. The molecule has 23 heavy (non-hydrogen) atoms. The molecule has 1 aromatic heterocycles. The van der Waals surface area contributed by atoms with Gasteiger partial charge in [-0.15, -0.1) is 0 Å². The van der Waals surface area contributed by atoms with Crippen molar-refractivity contribution >= 4 is 22.6 Å². The van der Waals surface area contributed by atoms with E-state index in [1.54, 1.807) is 0 Å². The van der Waals surface area contributed by atoms with Gasteiger partial charge in [0.2, 0.25) is 5.91 Å². The minimum atomic E-state index is -0.232. The van der Waals surface area contributed by atoms with Gasteiger partial charge in [0.1, 0.15) is 0 Å². The molecular formula is C18H25N3O2. The van der Waals surface area contributed by atoms with Crippen molar-refractivity contribution in [1.82, 2.24) is 9.97 Å². The van der Waals surface area contributed by atoms with E-state index in [0.717, 1.165) is 24.0 Å². The van der Waals surface area contributed by atoms with Gasteiger partial charge >= 0.3 is 5.69 Å². The molecule has 3 N–H and O–H groups in total. The van der Waals surface area contributed by atoms with Gasteiger partial charge in [0, 0.05) is 11.6 Å². The van der Waals surface area contributed by atoms with Crippen LogP contribution in [-0.4, -0.2) is 15.9 Å². The first kappa shape index (κ1) is 15.8. The van der Waals surface area contributed by atoms with Gasteiger partial charge in [-0.05, 0) is 48.8 Å². The lowest BCUT2D eigenvalue weighted by Gasteiger charge is -2.36. The van der Waals surface area contributed by atoms with Crippen molar-refractivity contribution in [2.45, 2.75) is 40.0 Å². The molecular weight excluding hydrogens is 290 g/mol. The number of hydrogen-bond donors (Lipinski definition) is 3. The van der Waals surface area contributed by atoms with Crippen LogP contribution in [0.15, 0.2) is 23.0 Å². The Morgan fingerprint density at radius 3 is 2.70 bits per heavy atom. The van der Waals surface area contributed by atoms with Gasteiger partial charge in [-0.1, -0.05) is 27.2 Å². The Morgan fingerprint density at radius 1 is 1.22 bits per heavy atom. The molecule has 1 aliphatic carbocycles. The van der Waals surface area contributed by atoms with E-state index in [0.29, 0.717) is 23.3 Å². The van der Waals surface area contributed by atoms with E-state index >= 15 is 0 Å². The molecule has 0 bridgehead atoms. The molecule has 1 heterocycles. The fourth-order valence-corrected chi connectivity index (χ4v) is 3.85. The summed E-state index contributed by atoms with van der Waals surface area (Å²) in [5, 5.41) is 3.04. The van der Waals surface area contributed by atoms with Crippen molar-refractivity contribution in [3.05, 3.63) is 28.7 Å². The third-order valence-electron chi connectivity index (χ3n) is 5.14. The third-order valence-corrected chi connectivity index (χ3v) is 5.14. The maximum atomic E-state index is 12.8. The van der Waals surface area contributed by atoms with E-state index < -0.39 is 0 Å². The highest BCUT2D eigenvalue weighted by molar-refractivity contribution is 5.94. The molecule has 3 rings (SSSR count). The van der Waals surface area contributed by atoms with Gasteiger partial charge in [0.15, 0.2) is 0 Å². The lowest BCUT2D eigenvalue weighted by atomic mass is 9.70. The number of aromatic amines is 2. The van der Waals surface area contributed by atoms with E-state index in [9.17, 15) is 9.59 Å². The monoisotopic (exact) mass is 315 g/mol. The van der Waals surface area contributed by atoms with Crippen LogP contribution in [0, 0.1) is 23.7 Å². The second kappa shape index (κ2) is 6.22. The van der Waals surface area contributed by atoms with E-state index in [4.69, 9.17) is 0 Å². The number of rotatable bonds is 3. The van der Waals surface area contributed by atoms with Crippen LogP contribution in [0.3, 0.4) is 0 Å². The number of anilines is 1. The molecule has 1 aromatic carbocycles. The normalized spacial score (nSPS) is 25.0. The molecule has 5 heteroatoms. The van der Waals surface area contributed by atoms with Crippen molar-refractivity contribution in [2.24, 2.45) is 23.7 Å². The van der Waals surface area contributed by atoms with Crippen LogP contribution in [0.5, 0.6) is 0 Å². The van der Waals surface area contributed by atoms with Gasteiger partial charge in [-0.3, -0.25) is 4.79 Å². The molecule has 0 unspecified atom stereocenters. The van der Waals surface area contributed by atoms with Crippen LogP contribution in [0.4, 0.5) is 5.69 Å². The number of nitrogens with one attached hydrogen (secondary N) is 3. The van der Waals surface area contributed by atoms with E-state index in [-0.39, 0.29) is 17.5 Å². The zero-order valence-corrected chi connectivity index (χ0v) is 14.0. The number of carbonyl (C=O) groups excluding carboxylic acids is 1. The highest BCUT2D eigenvalue weighted by Gasteiger charge is 2.35. The molecule has 0 radical (unpaired) electrons. The van der Waals surface area contributed by atoms with Crippen LogP contribution in [0.2, 0.25) is 0 Å². The predicted octanol–water partition coefficient (Wildman–Crippen LogP) is 3.50. The summed E-state index contributed by atoms with van der Waals surface area (Å²) in [5.41, 5.74) is 1.97. The average Bonchev–Trinajstić information content (AvgIpc) is 2.86. The first-order valence-corrected chi connectivity index (χ1v) is 8.47. The topological polar surface area (TPSA) is 77.8 Å². The standard InChI is InChI=1S/C18H25N3O2/c1-10(2)13-6-4-11(3)8-14(13)17(22)19-12-5-7-15-16(9-12)21-18(23)20-15/h5,7,9-11,13-14H,4,6,8H2,1-3H3,(H,19,22)(H2,20,21,23)/t11-,13+,14-/m1/s1. The zero-order chi connectivity index (χ0) is 16.6. The van der Waals surface area contributed by atoms with E-state index in [1.807, 2.05) is 18.2 Å². The van der Waals surface area contributed by atoms with Gasteiger partial charge in [0.25, 0.3) is 0 Å². The van der Waals surface area contributed by atoms with Gasteiger partial charge in [-0.2, -0.15) is 0 Å². The largest absolute Gasteiger partial charge is 0.326 e. The van der Waals surface area contributed by atoms with Gasteiger partial charge < -0.3 is 15.3 Å². The SMILES string of the molecule is CC(C)[C@@H]1CC[C@@H](C)C[C@H]1C(=O)Nc1ccc2[nH]c(=O)[nH]c2c1. The second-order valence-corrected chi connectivity index (χ2v) is 7.26. The molecule has 1 amide bonds. The minimum absolute atomic E-state index is 0.0692. The van der Waals surface area contributed by atoms with Crippen LogP contribution in [0.1, 0.15) is 40.0 Å². The van der Waals surface area contributed by atoms with Crippen LogP contribution < -0.4 is 11.0 Å². The van der Waals surface area contributed by atoms with Crippen molar-refractivity contribution < 1.29 is 4.79 Å². The molecule has 0 aliphatic heterocycles. The van der Waals surface area contributed by atoms with Crippen molar-refractivity contribution in [2.75, 3.05) is 5.32 Å². The summed E-state index contributed by atoms with van der Waals surface area (Å²) in [6.45, 7) is 6.64. The van der Waals surface area contributed by atoms with Crippen LogP contribution >= 0.6 is 0 Å². The molecule has 1 saturated carbocycles.